The standard InChI is InChI=1S/C13H21NO5/c1-4-7-10(9(5-2)13(17)18)14-11(15)8-12(16)19-6-3/h4-8H2,1-3H3,(H,14,15)(H,17,18). The number of allylic oxidation sites excluding steroid dienone is 1. The molecule has 0 rings (SSSR count). The van der Waals surface area contributed by atoms with Gasteiger partial charge in [0.15, 0.2) is 0 Å². The normalized spacial score (nSPS) is 11.5. The van der Waals surface area contributed by atoms with Crippen LogP contribution in [0.2, 0.25) is 0 Å². The molecule has 0 aliphatic carbocycles. The molecule has 0 aromatic rings. The summed E-state index contributed by atoms with van der Waals surface area (Å²) in [6.45, 7) is 5.44. The first-order valence-electron chi connectivity index (χ1n) is 6.36. The Kier molecular flexibility index (Phi) is 8.24. The summed E-state index contributed by atoms with van der Waals surface area (Å²) in [6, 6.07) is 0. The Bertz CT molecular complexity index is 373. The highest BCUT2D eigenvalue weighted by atomic mass is 16.5. The number of carbonyl (C=O) groups is 3. The summed E-state index contributed by atoms with van der Waals surface area (Å²) in [7, 11) is 0. The van der Waals surface area contributed by atoms with E-state index in [-0.39, 0.29) is 12.2 Å². The molecule has 6 heteroatoms. The smallest absolute Gasteiger partial charge is 0.333 e. The van der Waals surface area contributed by atoms with Crippen molar-refractivity contribution in [3.8, 4) is 0 Å². The van der Waals surface area contributed by atoms with Crippen LogP contribution < -0.4 is 5.32 Å². The second kappa shape index (κ2) is 9.13. The van der Waals surface area contributed by atoms with Crippen LogP contribution in [0.15, 0.2) is 11.3 Å². The molecule has 108 valence electrons. The summed E-state index contributed by atoms with van der Waals surface area (Å²) >= 11 is 0. The van der Waals surface area contributed by atoms with Crippen LogP contribution in [0.4, 0.5) is 0 Å². The number of esters is 1. The summed E-state index contributed by atoms with van der Waals surface area (Å²) in [4.78, 5) is 33.8. The summed E-state index contributed by atoms with van der Waals surface area (Å²) in [5.74, 6) is -2.22. The zero-order valence-corrected chi connectivity index (χ0v) is 11.6. The lowest BCUT2D eigenvalue weighted by molar-refractivity contribution is -0.145. The first kappa shape index (κ1) is 17.2. The van der Waals surface area contributed by atoms with Gasteiger partial charge in [-0.05, 0) is 19.8 Å². The maximum atomic E-state index is 11.6. The highest BCUT2D eigenvalue weighted by Gasteiger charge is 2.16. The van der Waals surface area contributed by atoms with Crippen molar-refractivity contribution >= 4 is 17.8 Å². The van der Waals surface area contributed by atoms with Crippen molar-refractivity contribution in [2.45, 2.75) is 46.5 Å². The molecule has 2 N–H and O–H groups in total. The van der Waals surface area contributed by atoms with Gasteiger partial charge in [-0.15, -0.1) is 0 Å². The lowest BCUT2D eigenvalue weighted by atomic mass is 10.1. The molecule has 0 saturated heterocycles. The van der Waals surface area contributed by atoms with E-state index in [2.05, 4.69) is 10.1 Å². The van der Waals surface area contributed by atoms with Crippen LogP contribution in [0.3, 0.4) is 0 Å². The molecule has 0 atom stereocenters. The molecule has 0 heterocycles. The van der Waals surface area contributed by atoms with Crippen LogP contribution in [0.1, 0.15) is 46.5 Å². The summed E-state index contributed by atoms with van der Waals surface area (Å²) in [5, 5.41) is 11.5. The molecule has 0 aromatic carbocycles. The maximum absolute atomic E-state index is 11.6. The Hall–Kier alpha value is -1.85. The molecule has 0 spiro atoms. The zero-order chi connectivity index (χ0) is 14.8. The summed E-state index contributed by atoms with van der Waals surface area (Å²) in [6.07, 6.45) is 1.05. The minimum absolute atomic E-state index is 0.166. The van der Waals surface area contributed by atoms with Crippen molar-refractivity contribution in [2.75, 3.05) is 6.61 Å². The molecule has 0 saturated carbocycles. The van der Waals surface area contributed by atoms with Crippen molar-refractivity contribution in [3.05, 3.63) is 11.3 Å². The lowest BCUT2D eigenvalue weighted by Crippen LogP contribution is -2.28. The Balaban J connectivity index is 4.80. The highest BCUT2D eigenvalue weighted by molar-refractivity contribution is 5.96. The van der Waals surface area contributed by atoms with Gasteiger partial charge in [0.25, 0.3) is 0 Å². The average molecular weight is 271 g/mol. The van der Waals surface area contributed by atoms with Crippen LogP contribution in [0, 0.1) is 0 Å². The van der Waals surface area contributed by atoms with Gasteiger partial charge in [-0.2, -0.15) is 0 Å². The van der Waals surface area contributed by atoms with Gasteiger partial charge in [-0.3, -0.25) is 9.59 Å². The van der Waals surface area contributed by atoms with Crippen LogP contribution in [0.5, 0.6) is 0 Å². The molecule has 0 fully saturated rings. The lowest BCUT2D eigenvalue weighted by Gasteiger charge is -2.12. The van der Waals surface area contributed by atoms with Gasteiger partial charge >= 0.3 is 11.9 Å². The van der Waals surface area contributed by atoms with Gasteiger partial charge in [-0.1, -0.05) is 20.3 Å². The van der Waals surface area contributed by atoms with E-state index in [4.69, 9.17) is 5.11 Å². The van der Waals surface area contributed by atoms with E-state index in [1.165, 1.54) is 0 Å². The van der Waals surface area contributed by atoms with Crippen molar-refractivity contribution in [1.82, 2.24) is 5.32 Å². The van der Waals surface area contributed by atoms with Crippen LogP contribution in [-0.4, -0.2) is 29.6 Å². The molecule has 0 radical (unpaired) electrons. The monoisotopic (exact) mass is 271 g/mol. The molecule has 0 unspecified atom stereocenters. The minimum Gasteiger partial charge on any atom is -0.478 e. The third-order valence-electron chi connectivity index (χ3n) is 2.38. The predicted octanol–water partition coefficient (Wildman–Crippen LogP) is 1.60. The molecule has 0 aromatic heterocycles. The number of hydrogen-bond acceptors (Lipinski definition) is 4. The Morgan fingerprint density at radius 2 is 1.79 bits per heavy atom. The van der Waals surface area contributed by atoms with E-state index < -0.39 is 24.3 Å². The fraction of sp³-hybridized carbons (Fsp3) is 0.615. The second-order valence-corrected chi connectivity index (χ2v) is 3.90. The molecule has 0 bridgehead atoms. The summed E-state index contributed by atoms with van der Waals surface area (Å²) in [5.41, 5.74) is 0.533. The van der Waals surface area contributed by atoms with E-state index in [1.54, 1.807) is 13.8 Å². The quantitative estimate of drug-likeness (QED) is 0.397. The third kappa shape index (κ3) is 6.59. The number of aliphatic carboxylic acids is 1. The number of carboxylic acids is 1. The number of rotatable bonds is 8. The van der Waals surface area contributed by atoms with E-state index in [0.29, 0.717) is 25.0 Å². The number of hydrogen-bond donors (Lipinski definition) is 2. The minimum atomic E-state index is -1.05. The third-order valence-corrected chi connectivity index (χ3v) is 2.38. The first-order valence-corrected chi connectivity index (χ1v) is 6.36. The van der Waals surface area contributed by atoms with E-state index >= 15 is 0 Å². The van der Waals surface area contributed by atoms with Crippen LogP contribution in [0.25, 0.3) is 0 Å². The molecular formula is C13H21NO5. The van der Waals surface area contributed by atoms with Crippen LogP contribution >= 0.6 is 0 Å². The Morgan fingerprint density at radius 3 is 2.21 bits per heavy atom. The number of ether oxygens (including phenoxy) is 1. The summed E-state index contributed by atoms with van der Waals surface area (Å²) < 4.78 is 4.66. The van der Waals surface area contributed by atoms with Crippen molar-refractivity contribution in [3.63, 3.8) is 0 Å². The van der Waals surface area contributed by atoms with E-state index in [9.17, 15) is 14.4 Å². The average Bonchev–Trinajstić information content (AvgIpc) is 2.29. The fourth-order valence-corrected chi connectivity index (χ4v) is 1.59. The Morgan fingerprint density at radius 1 is 1.16 bits per heavy atom. The van der Waals surface area contributed by atoms with Gasteiger partial charge in [0.05, 0.1) is 12.2 Å². The van der Waals surface area contributed by atoms with Crippen molar-refractivity contribution in [2.24, 2.45) is 0 Å². The van der Waals surface area contributed by atoms with Gasteiger partial charge in [0.2, 0.25) is 5.91 Å². The number of carboxylic acid groups (broad SMARTS) is 1. The van der Waals surface area contributed by atoms with E-state index in [1.807, 2.05) is 6.92 Å². The maximum Gasteiger partial charge on any atom is 0.333 e. The van der Waals surface area contributed by atoms with Gasteiger partial charge in [0, 0.05) is 5.70 Å². The van der Waals surface area contributed by atoms with Gasteiger partial charge in [-0.25, -0.2) is 4.79 Å². The number of amides is 1. The molecular weight excluding hydrogens is 250 g/mol. The first-order chi connectivity index (χ1) is 8.96. The van der Waals surface area contributed by atoms with Crippen molar-refractivity contribution in [1.29, 1.82) is 0 Å². The largest absolute Gasteiger partial charge is 0.478 e. The number of carbonyl (C=O) groups excluding carboxylic acids is 2. The molecule has 1 amide bonds. The van der Waals surface area contributed by atoms with Crippen molar-refractivity contribution < 1.29 is 24.2 Å². The molecule has 0 aliphatic heterocycles. The Labute approximate surface area is 112 Å². The predicted molar refractivity (Wildman–Crippen MR) is 69.3 cm³/mol. The van der Waals surface area contributed by atoms with Crippen LogP contribution in [-0.2, 0) is 19.1 Å². The molecule has 19 heavy (non-hydrogen) atoms. The van der Waals surface area contributed by atoms with Gasteiger partial charge in [0.1, 0.15) is 6.42 Å². The number of nitrogens with one attached hydrogen (secondary N) is 1. The molecule has 0 aliphatic rings. The zero-order valence-electron chi connectivity index (χ0n) is 11.6. The van der Waals surface area contributed by atoms with Gasteiger partial charge < -0.3 is 15.2 Å². The highest BCUT2D eigenvalue weighted by Crippen LogP contribution is 2.12. The molecule has 6 nitrogen and oxygen atoms in total. The topological polar surface area (TPSA) is 92.7 Å². The second-order valence-electron chi connectivity index (χ2n) is 3.90. The SMILES string of the molecule is CCCC(NC(=O)CC(=O)OCC)=C(CC)C(=O)O. The fourth-order valence-electron chi connectivity index (χ4n) is 1.59. The van der Waals surface area contributed by atoms with E-state index in [0.717, 1.165) is 0 Å².